The van der Waals surface area contributed by atoms with Gasteiger partial charge in [-0.15, -0.1) is 0 Å². The zero-order valence-corrected chi connectivity index (χ0v) is 16.6. The minimum Gasteiger partial charge on any atom is -0.444 e. The first-order valence-electron chi connectivity index (χ1n) is 7.63. The summed E-state index contributed by atoms with van der Waals surface area (Å²) in [5.74, 6) is 0. The van der Waals surface area contributed by atoms with E-state index < -0.39 is 5.60 Å². The van der Waals surface area contributed by atoms with Crippen LogP contribution in [0.2, 0.25) is 5.15 Å². The van der Waals surface area contributed by atoms with Crippen LogP contribution in [0.4, 0.5) is 4.79 Å². The highest BCUT2D eigenvalue weighted by Gasteiger charge is 2.34. The number of methoxy groups -OCH3 is 1. The number of pyridine rings is 1. The second-order valence-electron chi connectivity index (χ2n) is 6.63. The lowest BCUT2D eigenvalue weighted by molar-refractivity contribution is -0.109. The molecule has 24 heavy (non-hydrogen) atoms. The van der Waals surface area contributed by atoms with Gasteiger partial charge in [-0.3, -0.25) is 0 Å². The quantitative estimate of drug-likeness (QED) is 0.694. The third kappa shape index (κ3) is 5.58. The number of amides is 1. The molecule has 0 spiro atoms. The van der Waals surface area contributed by atoms with Crippen LogP contribution in [0, 0.1) is 0 Å². The molecule has 0 aromatic carbocycles. The summed E-state index contributed by atoms with van der Waals surface area (Å²) in [7, 11) is 1.60. The Labute approximate surface area is 155 Å². The van der Waals surface area contributed by atoms with E-state index in [9.17, 15) is 4.79 Å². The largest absolute Gasteiger partial charge is 0.444 e. The lowest BCUT2D eigenvalue weighted by atomic mass is 10.1. The van der Waals surface area contributed by atoms with Gasteiger partial charge in [0.1, 0.15) is 21.5 Å². The van der Waals surface area contributed by atoms with E-state index in [-0.39, 0.29) is 18.3 Å². The van der Waals surface area contributed by atoms with Gasteiger partial charge in [-0.1, -0.05) is 11.6 Å². The van der Waals surface area contributed by atoms with Gasteiger partial charge in [-0.25, -0.2) is 9.78 Å². The van der Waals surface area contributed by atoms with Crippen LogP contribution in [0.1, 0.15) is 32.4 Å². The number of ether oxygens (including phenoxy) is 3. The number of carbonyl (C=O) groups excluding carboxylic acids is 1. The Kier molecular flexibility index (Phi) is 6.47. The second kappa shape index (κ2) is 7.99. The summed E-state index contributed by atoms with van der Waals surface area (Å²) in [5.41, 5.74) is 0.293. The van der Waals surface area contributed by atoms with Crippen molar-refractivity contribution in [3.63, 3.8) is 0 Å². The summed E-state index contributed by atoms with van der Waals surface area (Å²) in [4.78, 5) is 18.2. The Bertz CT molecular complexity index is 574. The van der Waals surface area contributed by atoms with Gasteiger partial charge in [-0.05, 0) is 54.4 Å². The summed E-state index contributed by atoms with van der Waals surface area (Å²) in [6.07, 6.45) is -0.939. The highest BCUT2D eigenvalue weighted by atomic mass is 79.9. The van der Waals surface area contributed by atoms with Crippen LogP contribution < -0.4 is 0 Å². The molecule has 0 aliphatic carbocycles. The Balaban J connectivity index is 2.20. The average Bonchev–Trinajstić information content (AvgIpc) is 2.44. The minimum absolute atomic E-state index is 0.244. The summed E-state index contributed by atoms with van der Waals surface area (Å²) in [6.45, 7) is 6.70. The van der Waals surface area contributed by atoms with E-state index in [1.54, 1.807) is 18.1 Å². The molecule has 0 saturated carbocycles. The van der Waals surface area contributed by atoms with Gasteiger partial charge in [0.2, 0.25) is 0 Å². The Hall–Kier alpha value is -0.890. The standard InChI is InChI=1S/C16H22BrClN2O4/c1-16(2,3)24-15(21)20-7-11(9-22-4)23-12(8-20)10-5-13(17)19-14(18)6-10/h5-6,11-12H,7-9H2,1-4H3/t11-,12-/m0/s1. The van der Waals surface area contributed by atoms with Gasteiger partial charge in [0.25, 0.3) is 0 Å². The SMILES string of the molecule is COC[C@@H]1CN(C(=O)OC(C)(C)C)C[C@@H](c2cc(Cl)nc(Br)c2)O1. The van der Waals surface area contributed by atoms with Gasteiger partial charge in [0, 0.05) is 7.11 Å². The van der Waals surface area contributed by atoms with Crippen molar-refractivity contribution in [3.05, 3.63) is 27.5 Å². The van der Waals surface area contributed by atoms with Crippen molar-refractivity contribution in [2.24, 2.45) is 0 Å². The van der Waals surface area contributed by atoms with Crippen molar-refractivity contribution in [1.29, 1.82) is 0 Å². The van der Waals surface area contributed by atoms with Crippen molar-refractivity contribution in [2.75, 3.05) is 26.8 Å². The smallest absolute Gasteiger partial charge is 0.410 e. The van der Waals surface area contributed by atoms with Gasteiger partial charge in [-0.2, -0.15) is 0 Å². The van der Waals surface area contributed by atoms with Crippen LogP contribution >= 0.6 is 27.5 Å². The Morgan fingerprint density at radius 1 is 1.46 bits per heavy atom. The van der Waals surface area contributed by atoms with E-state index in [2.05, 4.69) is 20.9 Å². The molecule has 134 valence electrons. The van der Waals surface area contributed by atoms with Crippen molar-refractivity contribution in [3.8, 4) is 0 Å². The van der Waals surface area contributed by atoms with E-state index in [4.69, 9.17) is 25.8 Å². The number of aromatic nitrogens is 1. The van der Waals surface area contributed by atoms with Crippen molar-refractivity contribution < 1.29 is 19.0 Å². The molecule has 0 radical (unpaired) electrons. The predicted octanol–water partition coefficient (Wildman–Crippen LogP) is 3.82. The van der Waals surface area contributed by atoms with Crippen molar-refractivity contribution >= 4 is 33.6 Å². The summed E-state index contributed by atoms with van der Waals surface area (Å²) in [5, 5.41) is 0.362. The fourth-order valence-electron chi connectivity index (χ4n) is 2.45. The molecule has 0 N–H and O–H groups in total. The normalized spacial score (nSPS) is 21.7. The number of carbonyl (C=O) groups is 1. The second-order valence-corrected chi connectivity index (χ2v) is 7.83. The molecule has 0 unspecified atom stereocenters. The van der Waals surface area contributed by atoms with Gasteiger partial charge in [0.05, 0.1) is 25.8 Å². The van der Waals surface area contributed by atoms with Crippen LogP contribution in [-0.4, -0.2) is 54.5 Å². The van der Waals surface area contributed by atoms with E-state index in [0.29, 0.717) is 29.5 Å². The minimum atomic E-state index is -0.551. The maximum absolute atomic E-state index is 12.4. The molecule has 8 heteroatoms. The van der Waals surface area contributed by atoms with Crippen molar-refractivity contribution in [2.45, 2.75) is 38.6 Å². The molecule has 1 aromatic rings. The monoisotopic (exact) mass is 420 g/mol. The first-order chi connectivity index (χ1) is 11.2. The Morgan fingerprint density at radius 3 is 2.75 bits per heavy atom. The first-order valence-corrected chi connectivity index (χ1v) is 8.80. The summed E-state index contributed by atoms with van der Waals surface area (Å²) < 4.78 is 17.3. The molecule has 1 amide bonds. The number of morpholine rings is 1. The maximum atomic E-state index is 12.4. The van der Waals surface area contributed by atoms with Gasteiger partial charge in [0.15, 0.2) is 0 Å². The lowest BCUT2D eigenvalue weighted by Gasteiger charge is -2.38. The number of hydrogen-bond donors (Lipinski definition) is 0. The van der Waals surface area contributed by atoms with Crippen LogP contribution in [0.25, 0.3) is 0 Å². The third-order valence-corrected chi connectivity index (χ3v) is 3.93. The van der Waals surface area contributed by atoms with Crippen LogP contribution in [0.15, 0.2) is 16.7 Å². The lowest BCUT2D eigenvalue weighted by Crippen LogP contribution is -2.49. The molecule has 1 aliphatic heterocycles. The molecule has 1 aliphatic rings. The fourth-order valence-corrected chi connectivity index (χ4v) is 3.22. The van der Waals surface area contributed by atoms with E-state index in [0.717, 1.165) is 5.56 Å². The zero-order chi connectivity index (χ0) is 17.9. The topological polar surface area (TPSA) is 60.9 Å². The molecule has 2 atom stereocenters. The number of rotatable bonds is 3. The molecule has 1 fully saturated rings. The molecule has 1 aromatic heterocycles. The number of nitrogens with zero attached hydrogens (tertiary/aromatic N) is 2. The van der Waals surface area contributed by atoms with Crippen molar-refractivity contribution in [1.82, 2.24) is 9.88 Å². The number of hydrogen-bond acceptors (Lipinski definition) is 5. The summed E-state index contributed by atoms with van der Waals surface area (Å²) in [6, 6.07) is 3.57. The number of halogens is 2. The highest BCUT2D eigenvalue weighted by Crippen LogP contribution is 2.29. The van der Waals surface area contributed by atoms with E-state index in [1.165, 1.54) is 0 Å². The zero-order valence-electron chi connectivity index (χ0n) is 14.2. The molecule has 0 bridgehead atoms. The predicted molar refractivity (Wildman–Crippen MR) is 94.2 cm³/mol. The molecular weight excluding hydrogens is 400 g/mol. The van der Waals surface area contributed by atoms with Crippen LogP contribution in [-0.2, 0) is 14.2 Å². The third-order valence-electron chi connectivity index (χ3n) is 3.33. The van der Waals surface area contributed by atoms with Crippen LogP contribution in [0.3, 0.4) is 0 Å². The van der Waals surface area contributed by atoms with Crippen LogP contribution in [0.5, 0.6) is 0 Å². The van der Waals surface area contributed by atoms with Gasteiger partial charge < -0.3 is 19.1 Å². The summed E-state index contributed by atoms with van der Waals surface area (Å²) >= 11 is 9.35. The van der Waals surface area contributed by atoms with E-state index >= 15 is 0 Å². The molecular formula is C16H22BrClN2O4. The van der Waals surface area contributed by atoms with Gasteiger partial charge >= 0.3 is 6.09 Å². The molecule has 2 heterocycles. The molecule has 2 rings (SSSR count). The molecule has 6 nitrogen and oxygen atoms in total. The highest BCUT2D eigenvalue weighted by molar-refractivity contribution is 9.10. The first kappa shape index (κ1) is 19.4. The van der Waals surface area contributed by atoms with E-state index in [1.807, 2.05) is 26.8 Å². The molecule has 1 saturated heterocycles. The fraction of sp³-hybridized carbons (Fsp3) is 0.625. The Morgan fingerprint density at radius 2 is 2.17 bits per heavy atom. The average molecular weight is 422 g/mol. The maximum Gasteiger partial charge on any atom is 0.410 e.